The molecule has 0 unspecified atom stereocenters. The fourth-order valence-corrected chi connectivity index (χ4v) is 2.08. The Hall–Kier alpha value is -1.67. The Morgan fingerprint density at radius 1 is 0.857 bits per heavy atom. The lowest BCUT2D eigenvalue weighted by Gasteiger charge is -2.20. The van der Waals surface area contributed by atoms with Gasteiger partial charge >= 0.3 is 0 Å². The molecular formula is C15H13F2IN3-. The Morgan fingerprint density at radius 3 is 1.95 bits per heavy atom. The van der Waals surface area contributed by atoms with Crippen LogP contribution in [0.1, 0.15) is 5.56 Å². The van der Waals surface area contributed by atoms with Crippen molar-refractivity contribution in [2.75, 3.05) is 12.1 Å². The van der Waals surface area contributed by atoms with E-state index in [2.05, 4.69) is 5.53 Å². The number of hydrazine groups is 2. The van der Waals surface area contributed by atoms with Gasteiger partial charge < -0.3 is 24.0 Å². The third-order valence-electron chi connectivity index (χ3n) is 3.12. The van der Waals surface area contributed by atoms with Crippen molar-refractivity contribution in [1.29, 1.82) is 0 Å². The van der Waals surface area contributed by atoms with E-state index in [9.17, 15) is 8.78 Å². The van der Waals surface area contributed by atoms with Crippen molar-refractivity contribution in [1.82, 2.24) is 10.5 Å². The Bertz CT molecular complexity index is 641. The van der Waals surface area contributed by atoms with Crippen LogP contribution in [0.25, 0.3) is 5.70 Å². The number of rotatable bonds is 2. The van der Waals surface area contributed by atoms with Crippen LogP contribution in [0.4, 0.5) is 14.5 Å². The number of halogens is 3. The summed E-state index contributed by atoms with van der Waals surface area (Å²) < 4.78 is 25.9. The summed E-state index contributed by atoms with van der Waals surface area (Å²) in [4.78, 5) is 0. The first-order valence-electron chi connectivity index (χ1n) is 6.16. The summed E-state index contributed by atoms with van der Waals surface area (Å²) in [5.41, 5.74) is 5.72. The molecule has 21 heavy (non-hydrogen) atoms. The van der Waals surface area contributed by atoms with Crippen molar-refractivity contribution in [3.05, 3.63) is 71.9 Å². The van der Waals surface area contributed by atoms with E-state index in [-0.39, 0.29) is 35.6 Å². The fourth-order valence-electron chi connectivity index (χ4n) is 2.08. The van der Waals surface area contributed by atoms with Crippen molar-refractivity contribution in [2.24, 2.45) is 0 Å². The molecule has 2 aromatic rings. The average molecular weight is 400 g/mol. The van der Waals surface area contributed by atoms with Gasteiger partial charge in [-0.3, -0.25) is 10.0 Å². The molecule has 0 saturated heterocycles. The van der Waals surface area contributed by atoms with Crippen LogP contribution in [0.2, 0.25) is 0 Å². The Kier molecular flexibility index (Phi) is 4.79. The fraction of sp³-hybridized carbons (Fsp3) is 0.0667. The predicted molar refractivity (Wildman–Crippen MR) is 74.2 cm³/mol. The van der Waals surface area contributed by atoms with E-state index < -0.39 is 0 Å². The molecule has 0 amide bonds. The molecule has 3 nitrogen and oxygen atoms in total. The molecule has 0 bridgehead atoms. The average Bonchev–Trinajstić information content (AvgIpc) is 2.82. The SMILES string of the molecule is CN1NN(c2ccc(F)cc2)C=C1c1ccc(F)cc1.[I-]. The molecule has 6 heteroatoms. The first-order valence-corrected chi connectivity index (χ1v) is 6.16. The van der Waals surface area contributed by atoms with Crippen molar-refractivity contribution in [2.45, 2.75) is 0 Å². The second-order valence-corrected chi connectivity index (χ2v) is 4.53. The number of hydrogen-bond acceptors (Lipinski definition) is 3. The molecule has 2 aromatic carbocycles. The standard InChI is InChI=1S/C15H13F2N3.HI/c1-19-15(11-2-4-12(16)5-3-11)10-20(18-19)14-8-6-13(17)7-9-14;/h2-10,18H,1H3;1H/p-1. The predicted octanol–water partition coefficient (Wildman–Crippen LogP) is 0.139. The third-order valence-corrected chi connectivity index (χ3v) is 3.12. The molecule has 1 N–H and O–H groups in total. The van der Waals surface area contributed by atoms with Crippen LogP contribution >= 0.6 is 0 Å². The summed E-state index contributed by atoms with van der Waals surface area (Å²) in [5, 5.41) is 3.59. The lowest BCUT2D eigenvalue weighted by Crippen LogP contribution is -3.00. The molecule has 0 saturated carbocycles. The third kappa shape index (κ3) is 3.33. The summed E-state index contributed by atoms with van der Waals surface area (Å²) in [6, 6.07) is 12.4. The van der Waals surface area contributed by atoms with Crippen molar-refractivity contribution < 1.29 is 32.8 Å². The zero-order valence-electron chi connectivity index (χ0n) is 11.2. The summed E-state index contributed by atoms with van der Waals surface area (Å²) in [6.45, 7) is 0. The van der Waals surface area contributed by atoms with Crippen molar-refractivity contribution in [3.8, 4) is 0 Å². The van der Waals surface area contributed by atoms with Gasteiger partial charge in [0.2, 0.25) is 0 Å². The second kappa shape index (κ2) is 6.40. The number of anilines is 1. The van der Waals surface area contributed by atoms with Crippen LogP contribution in [-0.2, 0) is 0 Å². The van der Waals surface area contributed by atoms with Gasteiger partial charge in [-0.1, -0.05) is 0 Å². The smallest absolute Gasteiger partial charge is 0.123 e. The summed E-state index contributed by atoms with van der Waals surface area (Å²) in [6.07, 6.45) is 1.88. The van der Waals surface area contributed by atoms with Gasteiger partial charge in [-0.05, 0) is 48.5 Å². The molecule has 1 heterocycles. The number of benzene rings is 2. The van der Waals surface area contributed by atoms with Crippen LogP contribution in [0.3, 0.4) is 0 Å². The normalized spacial score (nSPS) is 14.0. The Labute approximate surface area is 138 Å². The van der Waals surface area contributed by atoms with Crippen LogP contribution in [0.15, 0.2) is 54.7 Å². The van der Waals surface area contributed by atoms with Crippen LogP contribution in [0.5, 0.6) is 0 Å². The molecule has 0 atom stereocenters. The molecule has 110 valence electrons. The van der Waals surface area contributed by atoms with E-state index in [1.54, 1.807) is 29.3 Å². The number of nitrogens with one attached hydrogen (secondary N) is 1. The van der Waals surface area contributed by atoms with Crippen molar-refractivity contribution >= 4 is 11.4 Å². The lowest BCUT2D eigenvalue weighted by atomic mass is 10.1. The molecular weight excluding hydrogens is 387 g/mol. The minimum atomic E-state index is -0.274. The maximum Gasteiger partial charge on any atom is 0.123 e. The van der Waals surface area contributed by atoms with E-state index in [0.29, 0.717) is 0 Å². The zero-order valence-corrected chi connectivity index (χ0v) is 13.4. The molecule has 1 aliphatic heterocycles. The topological polar surface area (TPSA) is 18.5 Å². The van der Waals surface area contributed by atoms with Gasteiger partial charge in [0.1, 0.15) is 11.6 Å². The highest BCUT2D eigenvalue weighted by molar-refractivity contribution is 5.69. The minimum Gasteiger partial charge on any atom is -1.00 e. The van der Waals surface area contributed by atoms with Crippen LogP contribution < -0.4 is 34.5 Å². The molecule has 0 aliphatic carbocycles. The first-order chi connectivity index (χ1) is 9.63. The molecule has 1 aliphatic rings. The first kappa shape index (κ1) is 15.7. The number of hydrogen-bond donors (Lipinski definition) is 1. The van der Waals surface area contributed by atoms with E-state index in [0.717, 1.165) is 16.9 Å². The van der Waals surface area contributed by atoms with Gasteiger partial charge in [-0.2, -0.15) is 0 Å². The molecule has 3 rings (SSSR count). The van der Waals surface area contributed by atoms with Gasteiger partial charge in [0, 0.05) is 18.8 Å². The van der Waals surface area contributed by atoms with E-state index in [1.165, 1.54) is 24.3 Å². The Balaban J connectivity index is 0.00000161. The molecule has 0 radical (unpaired) electrons. The van der Waals surface area contributed by atoms with E-state index >= 15 is 0 Å². The van der Waals surface area contributed by atoms with Crippen LogP contribution in [-0.4, -0.2) is 12.1 Å². The van der Waals surface area contributed by atoms with Crippen LogP contribution in [0, 0.1) is 11.6 Å². The zero-order chi connectivity index (χ0) is 14.1. The van der Waals surface area contributed by atoms with Gasteiger partial charge in [-0.15, -0.1) is 5.53 Å². The number of nitrogens with zero attached hydrogens (tertiary/aromatic N) is 2. The second-order valence-electron chi connectivity index (χ2n) is 4.53. The Morgan fingerprint density at radius 2 is 1.38 bits per heavy atom. The maximum absolute atomic E-state index is 13.0. The highest BCUT2D eigenvalue weighted by Gasteiger charge is 2.19. The van der Waals surface area contributed by atoms with Crippen molar-refractivity contribution in [3.63, 3.8) is 0 Å². The van der Waals surface area contributed by atoms with Gasteiger partial charge in [-0.25, -0.2) is 8.78 Å². The largest absolute Gasteiger partial charge is 1.00 e. The monoisotopic (exact) mass is 400 g/mol. The van der Waals surface area contributed by atoms with E-state index in [1.807, 2.05) is 18.3 Å². The van der Waals surface area contributed by atoms with Gasteiger partial charge in [0.25, 0.3) is 0 Å². The van der Waals surface area contributed by atoms with Gasteiger partial charge in [0.15, 0.2) is 0 Å². The maximum atomic E-state index is 13.0. The lowest BCUT2D eigenvalue weighted by molar-refractivity contribution is -0.00000524. The van der Waals surface area contributed by atoms with E-state index in [4.69, 9.17) is 0 Å². The minimum absolute atomic E-state index is 0. The molecule has 0 spiro atoms. The highest BCUT2D eigenvalue weighted by atomic mass is 127. The molecule has 0 aromatic heterocycles. The molecule has 0 fully saturated rings. The highest BCUT2D eigenvalue weighted by Crippen LogP contribution is 2.25. The summed E-state index contributed by atoms with van der Waals surface area (Å²) in [5.74, 6) is -0.539. The van der Waals surface area contributed by atoms with Gasteiger partial charge in [0.05, 0.1) is 11.4 Å². The summed E-state index contributed by atoms with van der Waals surface area (Å²) >= 11 is 0. The summed E-state index contributed by atoms with van der Waals surface area (Å²) in [7, 11) is 1.86. The quantitative estimate of drug-likeness (QED) is 0.724.